The Bertz CT molecular complexity index is 793. The van der Waals surface area contributed by atoms with Crippen LogP contribution in [0.2, 0.25) is 0 Å². The molecular weight excluding hydrogens is 310 g/mol. The predicted molar refractivity (Wildman–Crippen MR) is 80.6 cm³/mol. The highest BCUT2D eigenvalue weighted by Gasteiger charge is 2.32. The molecule has 0 aromatic carbocycles. The minimum absolute atomic E-state index is 0.00644. The summed E-state index contributed by atoms with van der Waals surface area (Å²) in [6.07, 6.45) is 0.729. The fourth-order valence-corrected chi connectivity index (χ4v) is 4.39. The van der Waals surface area contributed by atoms with Gasteiger partial charge in [0.15, 0.2) is 9.84 Å². The van der Waals surface area contributed by atoms with E-state index in [1.165, 1.54) is 4.90 Å². The molecule has 2 heterocycles. The molecule has 1 atom stereocenters. The van der Waals surface area contributed by atoms with Gasteiger partial charge >= 0.3 is 5.69 Å². The van der Waals surface area contributed by atoms with E-state index in [1.54, 1.807) is 14.0 Å². The Kier molecular flexibility index (Phi) is 4.55. The minimum Gasteiger partial charge on any atom is -0.342 e. The van der Waals surface area contributed by atoms with Crippen molar-refractivity contribution in [1.29, 1.82) is 0 Å². The van der Waals surface area contributed by atoms with Gasteiger partial charge in [0.1, 0.15) is 0 Å². The summed E-state index contributed by atoms with van der Waals surface area (Å²) < 4.78 is 22.9. The van der Waals surface area contributed by atoms with Crippen molar-refractivity contribution in [3.8, 4) is 0 Å². The van der Waals surface area contributed by atoms with E-state index >= 15 is 0 Å². The van der Waals surface area contributed by atoms with Gasteiger partial charge in [-0.1, -0.05) is 0 Å². The molecule has 0 saturated carbocycles. The maximum Gasteiger partial charge on any atom is 0.325 e. The van der Waals surface area contributed by atoms with Gasteiger partial charge in [0.05, 0.1) is 11.5 Å². The number of nitrogens with one attached hydrogen (secondary N) is 2. The number of nitrogens with zero attached hydrogens (tertiary/aromatic N) is 1. The normalized spacial score (nSPS) is 20.0. The molecule has 2 rings (SSSR count). The van der Waals surface area contributed by atoms with E-state index in [-0.39, 0.29) is 36.3 Å². The second kappa shape index (κ2) is 6.07. The summed E-state index contributed by atoms with van der Waals surface area (Å²) in [6.45, 7) is 1.60. The highest BCUT2D eigenvalue weighted by atomic mass is 32.2. The van der Waals surface area contributed by atoms with E-state index in [4.69, 9.17) is 0 Å². The SMILES string of the molecule is Cc1[nH]c(=O)[nH]c(=O)c1CCC(=O)N(C)[C@@H]1CCS(=O)(=O)C1. The van der Waals surface area contributed by atoms with Crippen LogP contribution in [0.15, 0.2) is 9.59 Å². The minimum atomic E-state index is -3.05. The summed E-state index contributed by atoms with van der Waals surface area (Å²) in [5.41, 5.74) is -0.279. The number of rotatable bonds is 4. The third kappa shape index (κ3) is 3.65. The molecule has 9 heteroatoms. The average Bonchev–Trinajstić information content (AvgIpc) is 2.76. The molecule has 1 aliphatic heterocycles. The molecule has 0 unspecified atom stereocenters. The van der Waals surface area contributed by atoms with Gasteiger partial charge in [-0.2, -0.15) is 0 Å². The van der Waals surface area contributed by atoms with Crippen LogP contribution < -0.4 is 11.2 Å². The molecule has 1 fully saturated rings. The molecule has 2 N–H and O–H groups in total. The number of hydrogen-bond donors (Lipinski definition) is 2. The summed E-state index contributed by atoms with van der Waals surface area (Å²) in [5.74, 6) is -0.117. The number of aromatic amines is 2. The number of carbonyl (C=O) groups is 1. The van der Waals surface area contributed by atoms with Crippen LogP contribution in [0.5, 0.6) is 0 Å². The summed E-state index contributed by atoms with van der Waals surface area (Å²) in [5, 5.41) is 0. The number of sulfone groups is 1. The number of amides is 1. The largest absolute Gasteiger partial charge is 0.342 e. The Labute approximate surface area is 127 Å². The molecule has 1 amide bonds. The first kappa shape index (κ1) is 16.5. The molecule has 1 aromatic rings. The van der Waals surface area contributed by atoms with Gasteiger partial charge in [0.2, 0.25) is 5.91 Å². The number of aryl methyl sites for hydroxylation is 1. The molecule has 1 aromatic heterocycles. The second-order valence-electron chi connectivity index (χ2n) is 5.57. The number of carbonyl (C=O) groups excluding carboxylic acids is 1. The monoisotopic (exact) mass is 329 g/mol. The van der Waals surface area contributed by atoms with E-state index in [9.17, 15) is 22.8 Å². The highest BCUT2D eigenvalue weighted by Crippen LogP contribution is 2.17. The summed E-state index contributed by atoms with van der Waals surface area (Å²) >= 11 is 0. The summed E-state index contributed by atoms with van der Waals surface area (Å²) in [4.78, 5) is 41.0. The smallest absolute Gasteiger partial charge is 0.325 e. The van der Waals surface area contributed by atoms with Crippen LogP contribution in [0.3, 0.4) is 0 Å². The van der Waals surface area contributed by atoms with Crippen molar-refractivity contribution < 1.29 is 13.2 Å². The van der Waals surface area contributed by atoms with Crippen molar-refractivity contribution in [3.05, 3.63) is 32.1 Å². The first-order valence-electron chi connectivity index (χ1n) is 6.98. The van der Waals surface area contributed by atoms with Gasteiger partial charge in [-0.15, -0.1) is 0 Å². The quantitative estimate of drug-likeness (QED) is 0.730. The molecular formula is C13H19N3O5S. The number of aromatic nitrogens is 2. The Balaban J connectivity index is 2.02. The Hall–Kier alpha value is -1.90. The first-order chi connectivity index (χ1) is 10.2. The van der Waals surface area contributed by atoms with Gasteiger partial charge in [-0.05, 0) is 19.8 Å². The highest BCUT2D eigenvalue weighted by molar-refractivity contribution is 7.91. The van der Waals surface area contributed by atoms with Crippen molar-refractivity contribution in [2.45, 2.75) is 32.2 Å². The number of hydrogen-bond acceptors (Lipinski definition) is 5. The van der Waals surface area contributed by atoms with Crippen LogP contribution in [0.1, 0.15) is 24.1 Å². The van der Waals surface area contributed by atoms with Gasteiger partial charge in [0, 0.05) is 30.8 Å². The fraction of sp³-hybridized carbons (Fsp3) is 0.615. The molecule has 0 radical (unpaired) electrons. The zero-order chi connectivity index (χ0) is 16.5. The Morgan fingerprint density at radius 1 is 1.32 bits per heavy atom. The third-order valence-corrected chi connectivity index (χ3v) is 5.74. The van der Waals surface area contributed by atoms with E-state index in [0.717, 1.165) is 0 Å². The van der Waals surface area contributed by atoms with Gasteiger partial charge in [-0.3, -0.25) is 14.6 Å². The van der Waals surface area contributed by atoms with E-state index in [2.05, 4.69) is 9.97 Å². The maximum absolute atomic E-state index is 12.2. The van der Waals surface area contributed by atoms with Crippen molar-refractivity contribution in [3.63, 3.8) is 0 Å². The van der Waals surface area contributed by atoms with Crippen LogP contribution in [0, 0.1) is 6.92 Å². The van der Waals surface area contributed by atoms with Crippen molar-refractivity contribution in [2.75, 3.05) is 18.6 Å². The van der Waals surface area contributed by atoms with Gasteiger partial charge in [0.25, 0.3) is 5.56 Å². The molecule has 1 saturated heterocycles. The number of H-pyrrole nitrogens is 2. The van der Waals surface area contributed by atoms with Crippen LogP contribution in [0.25, 0.3) is 0 Å². The third-order valence-electron chi connectivity index (χ3n) is 3.99. The first-order valence-corrected chi connectivity index (χ1v) is 8.80. The lowest BCUT2D eigenvalue weighted by atomic mass is 10.1. The molecule has 0 spiro atoms. The lowest BCUT2D eigenvalue weighted by Gasteiger charge is -2.23. The average molecular weight is 329 g/mol. The second-order valence-corrected chi connectivity index (χ2v) is 7.80. The summed E-state index contributed by atoms with van der Waals surface area (Å²) in [7, 11) is -1.47. The van der Waals surface area contributed by atoms with Crippen LogP contribution in [-0.2, 0) is 21.1 Å². The lowest BCUT2D eigenvalue weighted by molar-refractivity contribution is -0.131. The predicted octanol–water partition coefficient (Wildman–Crippen LogP) is -1.05. The maximum atomic E-state index is 12.2. The molecule has 22 heavy (non-hydrogen) atoms. The van der Waals surface area contributed by atoms with Gasteiger partial charge < -0.3 is 9.88 Å². The van der Waals surface area contributed by atoms with E-state index in [1.807, 2.05) is 0 Å². The molecule has 8 nitrogen and oxygen atoms in total. The fourth-order valence-electron chi connectivity index (χ4n) is 2.62. The zero-order valence-corrected chi connectivity index (χ0v) is 13.3. The topological polar surface area (TPSA) is 120 Å². The molecule has 0 aliphatic carbocycles. The Morgan fingerprint density at radius 2 is 2.00 bits per heavy atom. The van der Waals surface area contributed by atoms with Crippen molar-refractivity contribution in [2.24, 2.45) is 0 Å². The standard InChI is InChI=1S/C13H19N3O5S/c1-8-10(12(18)15-13(19)14-8)3-4-11(17)16(2)9-5-6-22(20,21)7-9/h9H,3-7H2,1-2H3,(H2,14,15,18,19)/t9-/m1/s1. The molecule has 0 bridgehead atoms. The van der Waals surface area contributed by atoms with Crippen LogP contribution in [0.4, 0.5) is 0 Å². The van der Waals surface area contributed by atoms with Crippen LogP contribution >= 0.6 is 0 Å². The lowest BCUT2D eigenvalue weighted by Crippen LogP contribution is -2.38. The van der Waals surface area contributed by atoms with Crippen LogP contribution in [-0.4, -0.2) is 53.8 Å². The molecule has 1 aliphatic rings. The zero-order valence-electron chi connectivity index (χ0n) is 12.5. The van der Waals surface area contributed by atoms with Crippen molar-refractivity contribution in [1.82, 2.24) is 14.9 Å². The van der Waals surface area contributed by atoms with Crippen molar-refractivity contribution >= 4 is 15.7 Å². The van der Waals surface area contributed by atoms with E-state index < -0.39 is 21.1 Å². The Morgan fingerprint density at radius 3 is 2.55 bits per heavy atom. The summed E-state index contributed by atoms with van der Waals surface area (Å²) in [6, 6.07) is -0.299. The van der Waals surface area contributed by atoms with E-state index in [0.29, 0.717) is 17.7 Å². The molecule has 122 valence electrons. The van der Waals surface area contributed by atoms with Gasteiger partial charge in [-0.25, -0.2) is 13.2 Å².